The molecule has 0 aromatic carbocycles. The largest absolute Gasteiger partial charge is 0.205 e. The summed E-state index contributed by atoms with van der Waals surface area (Å²) in [6, 6.07) is 2.50. The summed E-state index contributed by atoms with van der Waals surface area (Å²) in [7, 11) is 0. The third-order valence-electron chi connectivity index (χ3n) is 10.6. The van der Waals surface area contributed by atoms with Crippen LogP contribution in [0.3, 0.4) is 0 Å². The zero-order chi connectivity index (χ0) is 33.0. The molecule has 0 bridgehead atoms. The molecular formula is C45H86N+. The lowest BCUT2D eigenvalue weighted by atomic mass is 9.97. The van der Waals surface area contributed by atoms with E-state index in [2.05, 4.69) is 43.8 Å². The van der Waals surface area contributed by atoms with E-state index in [1.54, 1.807) is 11.1 Å². The molecule has 0 atom stereocenters. The van der Waals surface area contributed by atoms with E-state index in [-0.39, 0.29) is 0 Å². The lowest BCUT2D eigenvalue weighted by molar-refractivity contribution is -0.697. The van der Waals surface area contributed by atoms with Gasteiger partial charge in [0.1, 0.15) is 6.54 Å². The van der Waals surface area contributed by atoms with Crippen molar-refractivity contribution in [2.45, 2.75) is 258 Å². The highest BCUT2D eigenvalue weighted by atomic mass is 14.9. The van der Waals surface area contributed by atoms with E-state index in [4.69, 9.17) is 0 Å². The molecule has 1 heterocycles. The minimum atomic E-state index is 1.21. The molecule has 0 radical (unpaired) electrons. The van der Waals surface area contributed by atoms with Gasteiger partial charge in [0.25, 0.3) is 0 Å². The van der Waals surface area contributed by atoms with Gasteiger partial charge in [-0.25, -0.2) is 4.57 Å². The maximum Gasteiger partial charge on any atom is 0.172 e. The Morgan fingerprint density at radius 3 is 0.957 bits per heavy atom. The SMILES string of the molecule is CCCCCCCCCCCCCCCCCC[n+]1ccc(CCCCCCCCCCC)c(CCCCCCCCCCC)c1. The van der Waals surface area contributed by atoms with Crippen molar-refractivity contribution >= 4 is 0 Å². The second-order valence-electron chi connectivity index (χ2n) is 15.2. The monoisotopic (exact) mass is 641 g/mol. The average Bonchev–Trinajstić information content (AvgIpc) is 3.07. The van der Waals surface area contributed by atoms with Crippen LogP contribution in [0.1, 0.15) is 250 Å². The first-order valence-corrected chi connectivity index (χ1v) is 21.8. The molecule has 0 aliphatic rings. The Balaban J connectivity index is 2.26. The van der Waals surface area contributed by atoms with E-state index < -0.39 is 0 Å². The molecule has 1 rings (SSSR count). The summed E-state index contributed by atoms with van der Waals surface area (Å²) in [4.78, 5) is 0. The molecule has 0 amide bonds. The number of hydrogen-bond acceptors (Lipinski definition) is 0. The van der Waals surface area contributed by atoms with Crippen molar-refractivity contribution in [1.29, 1.82) is 0 Å². The lowest BCUT2D eigenvalue weighted by Crippen LogP contribution is -2.34. The van der Waals surface area contributed by atoms with E-state index in [1.165, 1.54) is 238 Å². The summed E-state index contributed by atoms with van der Waals surface area (Å²) in [5.41, 5.74) is 3.33. The number of pyridine rings is 1. The Hall–Kier alpha value is -0.850. The van der Waals surface area contributed by atoms with Crippen LogP contribution in [0.5, 0.6) is 0 Å². The number of aryl methyl sites for hydroxylation is 3. The fourth-order valence-corrected chi connectivity index (χ4v) is 7.32. The third-order valence-corrected chi connectivity index (χ3v) is 10.6. The third kappa shape index (κ3) is 28.2. The van der Waals surface area contributed by atoms with Gasteiger partial charge < -0.3 is 0 Å². The average molecular weight is 641 g/mol. The lowest BCUT2D eigenvalue weighted by Gasteiger charge is -2.10. The second kappa shape index (κ2) is 35.5. The topological polar surface area (TPSA) is 3.88 Å². The fourth-order valence-electron chi connectivity index (χ4n) is 7.32. The van der Waals surface area contributed by atoms with Crippen molar-refractivity contribution in [1.82, 2.24) is 0 Å². The summed E-state index contributed by atoms with van der Waals surface area (Å²) in [6.07, 6.45) is 56.3. The highest BCUT2D eigenvalue weighted by molar-refractivity contribution is 5.21. The first kappa shape index (κ1) is 43.2. The summed E-state index contributed by atoms with van der Waals surface area (Å²) in [5.74, 6) is 0. The van der Waals surface area contributed by atoms with Crippen LogP contribution in [0.25, 0.3) is 0 Å². The van der Waals surface area contributed by atoms with Gasteiger partial charge in [-0.2, -0.15) is 0 Å². The van der Waals surface area contributed by atoms with Crippen molar-refractivity contribution in [3.63, 3.8) is 0 Å². The van der Waals surface area contributed by atoms with Crippen molar-refractivity contribution < 1.29 is 4.57 Å². The molecule has 46 heavy (non-hydrogen) atoms. The van der Waals surface area contributed by atoms with E-state index in [0.29, 0.717) is 0 Å². The first-order valence-electron chi connectivity index (χ1n) is 21.8. The molecule has 0 spiro atoms. The molecule has 0 fully saturated rings. The first-order chi connectivity index (χ1) is 22.8. The van der Waals surface area contributed by atoms with E-state index >= 15 is 0 Å². The molecule has 1 aromatic heterocycles. The summed E-state index contributed by atoms with van der Waals surface area (Å²) in [5, 5.41) is 0. The molecule has 1 heteroatoms. The molecule has 0 aliphatic carbocycles. The van der Waals surface area contributed by atoms with Crippen LogP contribution < -0.4 is 4.57 Å². The number of rotatable bonds is 37. The van der Waals surface area contributed by atoms with Crippen LogP contribution in [0.2, 0.25) is 0 Å². The molecule has 0 aliphatic heterocycles. The normalized spacial score (nSPS) is 11.5. The highest BCUT2D eigenvalue weighted by Gasteiger charge is 2.10. The van der Waals surface area contributed by atoms with Gasteiger partial charge in [0.05, 0.1) is 0 Å². The van der Waals surface area contributed by atoms with Gasteiger partial charge >= 0.3 is 0 Å². The maximum atomic E-state index is 2.55. The molecule has 1 aromatic rings. The Labute approximate surface area is 291 Å². The fraction of sp³-hybridized carbons (Fsp3) is 0.889. The number of nitrogens with zero attached hydrogens (tertiary/aromatic N) is 1. The van der Waals surface area contributed by atoms with Crippen molar-refractivity contribution in [2.24, 2.45) is 0 Å². The van der Waals surface area contributed by atoms with Gasteiger partial charge in [-0.1, -0.05) is 213 Å². The standard InChI is InChI=1S/C45H86N/c1-4-7-10-13-16-19-20-21-22-23-24-25-28-31-34-37-41-46-42-40-44(38-35-32-29-26-17-14-11-8-5-2)45(43-46)39-36-33-30-27-18-15-12-9-6-3/h40,42-43H,4-39,41H2,1-3H3/q+1. The number of unbranched alkanes of at least 4 members (excludes halogenated alkanes) is 31. The van der Waals surface area contributed by atoms with E-state index in [9.17, 15) is 0 Å². The maximum absolute atomic E-state index is 2.55. The zero-order valence-corrected chi connectivity index (χ0v) is 32.3. The molecule has 0 unspecified atom stereocenters. The Kier molecular flexibility index (Phi) is 33.3. The second-order valence-corrected chi connectivity index (χ2v) is 15.2. The van der Waals surface area contributed by atoms with Crippen LogP contribution in [0, 0.1) is 0 Å². The van der Waals surface area contributed by atoms with Crippen LogP contribution in [0.4, 0.5) is 0 Å². The van der Waals surface area contributed by atoms with E-state index in [1.807, 2.05) is 0 Å². The van der Waals surface area contributed by atoms with Gasteiger partial charge in [-0.05, 0) is 37.7 Å². The van der Waals surface area contributed by atoms with Crippen LogP contribution in [0.15, 0.2) is 18.5 Å². The molecule has 0 N–H and O–H groups in total. The Morgan fingerprint density at radius 2 is 0.609 bits per heavy atom. The summed E-state index contributed by atoms with van der Waals surface area (Å²) in [6.45, 7) is 8.15. The van der Waals surface area contributed by atoms with Crippen molar-refractivity contribution in [3.8, 4) is 0 Å². The van der Waals surface area contributed by atoms with E-state index in [0.717, 1.165) is 0 Å². The predicted octanol–water partition coefficient (Wildman–Crippen LogP) is 15.4. The van der Waals surface area contributed by atoms with Crippen LogP contribution >= 0.6 is 0 Å². The Morgan fingerprint density at radius 1 is 0.326 bits per heavy atom. The van der Waals surface area contributed by atoms with Gasteiger partial charge in [-0.15, -0.1) is 0 Å². The molecule has 1 nitrogen and oxygen atoms in total. The highest BCUT2D eigenvalue weighted by Crippen LogP contribution is 2.18. The van der Waals surface area contributed by atoms with Gasteiger partial charge in [-0.3, -0.25) is 0 Å². The van der Waals surface area contributed by atoms with Gasteiger partial charge in [0, 0.05) is 18.1 Å². The predicted molar refractivity (Wildman–Crippen MR) is 208 cm³/mol. The quantitative estimate of drug-likeness (QED) is 0.0503. The minimum absolute atomic E-state index is 1.21. The summed E-state index contributed by atoms with van der Waals surface area (Å²) < 4.78 is 2.53. The van der Waals surface area contributed by atoms with Gasteiger partial charge in [0.15, 0.2) is 12.4 Å². The van der Waals surface area contributed by atoms with Crippen LogP contribution in [-0.4, -0.2) is 0 Å². The zero-order valence-electron chi connectivity index (χ0n) is 32.3. The Bertz CT molecular complexity index is 724. The molecule has 270 valence electrons. The minimum Gasteiger partial charge on any atom is -0.205 e. The molecule has 0 saturated heterocycles. The van der Waals surface area contributed by atoms with Crippen molar-refractivity contribution in [3.05, 3.63) is 29.6 Å². The number of hydrogen-bond donors (Lipinski definition) is 0. The number of aromatic nitrogens is 1. The van der Waals surface area contributed by atoms with Gasteiger partial charge in [0.2, 0.25) is 0 Å². The summed E-state index contributed by atoms with van der Waals surface area (Å²) >= 11 is 0. The van der Waals surface area contributed by atoms with Crippen LogP contribution in [-0.2, 0) is 19.4 Å². The molecular weight excluding hydrogens is 555 g/mol. The smallest absolute Gasteiger partial charge is 0.172 e. The molecule has 0 saturated carbocycles. The van der Waals surface area contributed by atoms with Crippen molar-refractivity contribution in [2.75, 3.05) is 0 Å².